The van der Waals surface area contributed by atoms with Crippen LogP contribution >= 0.6 is 0 Å². The molecule has 0 unspecified atom stereocenters. The van der Waals surface area contributed by atoms with Crippen LogP contribution in [0.25, 0.3) is 0 Å². The molecule has 0 saturated carbocycles. The summed E-state index contributed by atoms with van der Waals surface area (Å²) in [6.07, 6.45) is -1.03. The minimum atomic E-state index is -1.81. The molecule has 1 rings (SSSR count). The first-order valence-corrected chi connectivity index (χ1v) is 6.56. The van der Waals surface area contributed by atoms with E-state index >= 15 is 0 Å². The van der Waals surface area contributed by atoms with E-state index in [0.717, 1.165) is 7.11 Å². The Morgan fingerprint density at radius 3 is 2.41 bits per heavy atom. The van der Waals surface area contributed by atoms with Crippen LogP contribution in [0.2, 0.25) is 0 Å². The van der Waals surface area contributed by atoms with Gasteiger partial charge in [0.05, 0.1) is 13.2 Å². The molecule has 8 heteroatoms. The summed E-state index contributed by atoms with van der Waals surface area (Å²) in [7, 11) is 1.14. The van der Waals surface area contributed by atoms with E-state index in [1.165, 1.54) is 13.0 Å². The molecule has 0 saturated heterocycles. The number of aliphatic hydroxyl groups excluding tert-OH is 1. The molecule has 0 aromatic heterocycles. The maximum absolute atomic E-state index is 12.0. The molecular weight excluding hydrogens is 292 g/mol. The van der Waals surface area contributed by atoms with Gasteiger partial charge in [-0.2, -0.15) is 0 Å². The van der Waals surface area contributed by atoms with Gasteiger partial charge in [0, 0.05) is 6.58 Å². The van der Waals surface area contributed by atoms with Gasteiger partial charge >= 0.3 is 17.8 Å². The Hall–Kier alpha value is -2.22. The number of carbonyl (C=O) groups excluding carboxylic acids is 2. The van der Waals surface area contributed by atoms with Crippen molar-refractivity contribution in [3.8, 4) is 0 Å². The Balaban J connectivity index is 3.03. The lowest BCUT2D eigenvalue weighted by Crippen LogP contribution is -2.61. The summed E-state index contributed by atoms with van der Waals surface area (Å²) in [5.74, 6) is -0.655. The van der Waals surface area contributed by atoms with Crippen molar-refractivity contribution in [3.63, 3.8) is 0 Å². The van der Waals surface area contributed by atoms with E-state index in [1.54, 1.807) is 20.8 Å². The molecule has 0 fully saturated rings. The molecule has 122 valence electrons. The summed E-state index contributed by atoms with van der Waals surface area (Å²) in [5.41, 5.74) is -2.53. The fourth-order valence-corrected chi connectivity index (χ4v) is 1.71. The van der Waals surface area contributed by atoms with Gasteiger partial charge in [-0.1, -0.05) is 4.54 Å². The highest BCUT2D eigenvalue weighted by Gasteiger charge is 2.48. The first-order chi connectivity index (χ1) is 9.99. The molecule has 8 nitrogen and oxygen atoms in total. The molecule has 22 heavy (non-hydrogen) atoms. The number of hydrogen-bond acceptors (Lipinski definition) is 6. The number of hydrogen-bond donors (Lipinski definition) is 2. The van der Waals surface area contributed by atoms with E-state index in [9.17, 15) is 14.7 Å². The van der Waals surface area contributed by atoms with Crippen molar-refractivity contribution in [2.45, 2.75) is 44.9 Å². The number of alkyl carbamates (subject to hydrolysis) is 1. The van der Waals surface area contributed by atoms with Crippen LogP contribution in [-0.4, -0.2) is 41.5 Å². The highest BCUT2D eigenvalue weighted by Crippen LogP contribution is 2.25. The Morgan fingerprint density at radius 1 is 1.41 bits per heavy atom. The molecule has 1 amide bonds. The number of esters is 1. The van der Waals surface area contributed by atoms with E-state index in [1.807, 2.05) is 0 Å². The van der Waals surface area contributed by atoms with Crippen molar-refractivity contribution >= 4 is 12.1 Å². The molecule has 2 atom stereocenters. The number of rotatable bonds is 4. The van der Waals surface area contributed by atoms with Gasteiger partial charge < -0.3 is 19.9 Å². The zero-order chi connectivity index (χ0) is 17.1. The van der Waals surface area contributed by atoms with Crippen LogP contribution in [0.5, 0.6) is 0 Å². The van der Waals surface area contributed by atoms with Crippen LogP contribution in [0, 0.1) is 4.54 Å². The highest BCUT2D eigenvalue weighted by molar-refractivity contribution is 5.86. The van der Waals surface area contributed by atoms with E-state index in [0.29, 0.717) is 0 Å². The minimum Gasteiger partial charge on any atom is -0.467 e. The predicted octanol–water partition coefficient (Wildman–Crippen LogP) is 1.52. The molecule has 1 aliphatic heterocycles. The monoisotopic (exact) mass is 313 g/mol. The summed E-state index contributed by atoms with van der Waals surface area (Å²) >= 11 is 0. The lowest BCUT2D eigenvalue weighted by atomic mass is 9.92. The lowest BCUT2D eigenvalue weighted by Gasteiger charge is -2.32. The molecule has 0 radical (unpaired) electrons. The van der Waals surface area contributed by atoms with Crippen molar-refractivity contribution in [2.75, 3.05) is 7.11 Å². The summed E-state index contributed by atoms with van der Waals surface area (Å²) in [6.45, 7) is 9.82. The molecule has 1 aliphatic rings. The topological polar surface area (TPSA) is 109 Å². The number of aliphatic hydroxyl groups is 1. The van der Waals surface area contributed by atoms with Crippen molar-refractivity contribution in [1.29, 1.82) is 0 Å². The van der Waals surface area contributed by atoms with Gasteiger partial charge in [0.25, 0.3) is 0 Å². The fourth-order valence-electron chi connectivity index (χ4n) is 1.71. The average molecular weight is 313 g/mol. The van der Waals surface area contributed by atoms with Crippen LogP contribution in [0.4, 0.5) is 4.79 Å². The number of ether oxygens (including phenoxy) is 2. The second-order valence-corrected chi connectivity index (χ2v) is 5.94. The van der Waals surface area contributed by atoms with Gasteiger partial charge in [-0.25, -0.2) is 9.59 Å². The van der Waals surface area contributed by atoms with E-state index in [2.05, 4.69) is 21.8 Å². The van der Waals surface area contributed by atoms with Gasteiger partial charge in [-0.15, -0.1) is 0 Å². The van der Waals surface area contributed by atoms with Gasteiger partial charge in [0.1, 0.15) is 11.7 Å². The highest BCUT2D eigenvalue weighted by atomic mass is 16.6. The predicted molar refractivity (Wildman–Crippen MR) is 78.8 cm³/mol. The minimum absolute atomic E-state index is 0.0361. The normalized spacial score (nSPS) is 18.3. The molecule has 0 aliphatic carbocycles. The van der Waals surface area contributed by atoms with E-state index < -0.39 is 29.3 Å². The third kappa shape index (κ3) is 4.14. The Morgan fingerprint density at radius 2 is 2.00 bits per heavy atom. The van der Waals surface area contributed by atoms with Gasteiger partial charge in [0.2, 0.25) is 0 Å². The zero-order valence-corrected chi connectivity index (χ0v) is 13.3. The van der Waals surface area contributed by atoms with Crippen molar-refractivity contribution in [2.24, 2.45) is 5.18 Å². The van der Waals surface area contributed by atoms with Crippen molar-refractivity contribution in [1.82, 2.24) is 5.32 Å². The molecule has 2 N–H and O–H groups in total. The summed E-state index contributed by atoms with van der Waals surface area (Å²) < 4.78 is 14.5. The number of nitrogens with one attached hydrogen (secondary N) is 1. The third-order valence-corrected chi connectivity index (χ3v) is 2.77. The maximum Gasteiger partial charge on any atom is 0.408 e. The summed E-state index contributed by atoms with van der Waals surface area (Å²) in [5, 5.41) is 16.3. The Labute approximate surface area is 128 Å². The molecule has 0 spiro atoms. The molecule has 1 heterocycles. The Kier molecular flexibility index (Phi) is 5.08. The van der Waals surface area contributed by atoms with Crippen LogP contribution in [0.15, 0.2) is 29.3 Å². The fraction of sp³-hybridized carbons (Fsp3) is 0.571. The van der Waals surface area contributed by atoms with Gasteiger partial charge in [0.15, 0.2) is 16.4 Å². The summed E-state index contributed by atoms with van der Waals surface area (Å²) in [4.78, 5) is 24.0. The molecule has 0 aromatic carbocycles. The summed E-state index contributed by atoms with van der Waals surface area (Å²) in [6, 6.07) is 0. The van der Waals surface area contributed by atoms with Crippen molar-refractivity contribution in [3.05, 3.63) is 28.6 Å². The number of nitroso groups, excluding NO2 is 1. The van der Waals surface area contributed by atoms with Gasteiger partial charge in [-0.3, -0.25) is 0 Å². The van der Waals surface area contributed by atoms with Crippen LogP contribution < -0.4 is 5.32 Å². The number of amides is 1. The second kappa shape index (κ2) is 6.27. The molecule has 0 bridgehead atoms. The lowest BCUT2D eigenvalue weighted by molar-refractivity contribution is -0.151. The quantitative estimate of drug-likeness (QED) is 0.604. The molecular formula is C14H21N2O6+. The Bertz CT molecular complexity index is 546. The number of allylic oxidation sites excluding steroid dienone is 1. The SMILES string of the molecule is C=C1C=C([C@H](O)[C@](C)(NC(=O)OC(C)(C)C)C(=O)OC)N=[O+]1. The largest absolute Gasteiger partial charge is 0.467 e. The smallest absolute Gasteiger partial charge is 0.408 e. The van der Waals surface area contributed by atoms with E-state index in [-0.39, 0.29) is 11.5 Å². The van der Waals surface area contributed by atoms with E-state index in [4.69, 9.17) is 9.27 Å². The number of carbonyl (C=O) groups is 2. The maximum atomic E-state index is 12.0. The van der Waals surface area contributed by atoms with Crippen molar-refractivity contribution < 1.29 is 24.2 Å². The average Bonchev–Trinajstić information content (AvgIpc) is 2.80. The van der Waals surface area contributed by atoms with Crippen LogP contribution in [-0.2, 0) is 14.3 Å². The van der Waals surface area contributed by atoms with Crippen LogP contribution in [0.3, 0.4) is 0 Å². The zero-order valence-electron chi connectivity index (χ0n) is 13.3. The second-order valence-electron chi connectivity index (χ2n) is 5.94. The number of methoxy groups -OCH3 is 1. The first kappa shape index (κ1) is 17.8. The van der Waals surface area contributed by atoms with Crippen LogP contribution in [0.1, 0.15) is 27.7 Å². The molecule has 0 aromatic rings. The standard InChI is InChI=1S/C14H20N2O6/c1-8-7-9(16-22-8)10(17)14(5,11(18)20-6)15-12(19)21-13(2,3)4/h7,10,17H,1H2,2-6H3/p+1/t10-,14-/m0/s1. The number of nitrogens with zero attached hydrogens (tertiary/aromatic N) is 1. The first-order valence-electron chi connectivity index (χ1n) is 6.56. The van der Waals surface area contributed by atoms with Gasteiger partial charge in [-0.05, 0) is 27.7 Å². The third-order valence-electron chi connectivity index (χ3n) is 2.77.